The molecular weight excluding hydrogens is 295 g/mol. The van der Waals surface area contributed by atoms with E-state index >= 15 is 0 Å². The molecule has 1 aromatic rings. The molecule has 2 rings (SSSR count). The van der Waals surface area contributed by atoms with Crippen LogP contribution in [0.3, 0.4) is 0 Å². The maximum Gasteiger partial charge on any atom is 0.137 e. The zero-order valence-corrected chi connectivity index (χ0v) is 12.6. The molecule has 100 valence electrons. The van der Waals surface area contributed by atoms with Crippen molar-refractivity contribution in [3.8, 4) is 0 Å². The van der Waals surface area contributed by atoms with Crippen LogP contribution < -0.4 is 5.32 Å². The number of hydrogen-bond donors (Lipinski definition) is 1. The molecule has 0 spiro atoms. The van der Waals surface area contributed by atoms with Crippen molar-refractivity contribution < 1.29 is 4.39 Å². The molecule has 1 aromatic carbocycles. The van der Waals surface area contributed by atoms with Crippen molar-refractivity contribution in [2.45, 2.75) is 32.4 Å². The molecule has 1 heterocycles. The smallest absolute Gasteiger partial charge is 0.137 e. The summed E-state index contributed by atoms with van der Waals surface area (Å²) < 4.78 is 13.8. The second kappa shape index (κ2) is 5.68. The van der Waals surface area contributed by atoms with Crippen LogP contribution in [-0.2, 0) is 6.54 Å². The van der Waals surface area contributed by atoms with E-state index in [2.05, 4.69) is 40.0 Å². The predicted molar refractivity (Wildman–Crippen MR) is 76.1 cm³/mol. The van der Waals surface area contributed by atoms with Crippen LogP contribution in [0.15, 0.2) is 22.7 Å². The van der Waals surface area contributed by atoms with Crippen molar-refractivity contribution in [1.29, 1.82) is 0 Å². The molecule has 0 radical (unpaired) electrons. The summed E-state index contributed by atoms with van der Waals surface area (Å²) in [5.74, 6) is -0.197. The summed E-state index contributed by atoms with van der Waals surface area (Å²) in [6.45, 7) is 8.48. The van der Waals surface area contributed by atoms with Crippen LogP contribution in [0.25, 0.3) is 0 Å². The minimum absolute atomic E-state index is 0.194. The molecule has 0 aliphatic carbocycles. The topological polar surface area (TPSA) is 15.3 Å². The van der Waals surface area contributed by atoms with Crippen molar-refractivity contribution in [1.82, 2.24) is 10.2 Å². The van der Waals surface area contributed by atoms with E-state index in [-0.39, 0.29) is 11.4 Å². The summed E-state index contributed by atoms with van der Waals surface area (Å²) in [7, 11) is 0. The van der Waals surface area contributed by atoms with Gasteiger partial charge in [0.05, 0.1) is 4.47 Å². The van der Waals surface area contributed by atoms with Gasteiger partial charge in [0.1, 0.15) is 5.82 Å². The molecule has 1 saturated heterocycles. The zero-order valence-electron chi connectivity index (χ0n) is 11.0. The molecule has 1 N–H and O–H groups in total. The molecule has 1 atom stereocenters. The van der Waals surface area contributed by atoms with E-state index in [9.17, 15) is 4.39 Å². The first kappa shape index (κ1) is 14.0. The minimum Gasteiger partial charge on any atom is -0.314 e. The van der Waals surface area contributed by atoms with Gasteiger partial charge in [-0.3, -0.25) is 4.90 Å². The Morgan fingerprint density at radius 2 is 2.28 bits per heavy atom. The van der Waals surface area contributed by atoms with Gasteiger partial charge in [0.15, 0.2) is 0 Å². The molecule has 2 nitrogen and oxygen atoms in total. The van der Waals surface area contributed by atoms with Gasteiger partial charge in [-0.2, -0.15) is 0 Å². The number of nitrogens with one attached hydrogen (secondary N) is 1. The van der Waals surface area contributed by atoms with Crippen LogP contribution in [0.1, 0.15) is 25.8 Å². The first-order valence-electron chi connectivity index (χ1n) is 6.45. The summed E-state index contributed by atoms with van der Waals surface area (Å²) in [4.78, 5) is 2.49. The Balaban J connectivity index is 2.13. The van der Waals surface area contributed by atoms with E-state index in [0.717, 1.165) is 38.2 Å². The number of piperazine rings is 1. The second-order valence-corrected chi connectivity index (χ2v) is 6.05. The molecule has 1 fully saturated rings. The van der Waals surface area contributed by atoms with Gasteiger partial charge >= 0.3 is 0 Å². The van der Waals surface area contributed by atoms with Gasteiger partial charge < -0.3 is 5.32 Å². The van der Waals surface area contributed by atoms with E-state index in [1.807, 2.05) is 12.1 Å². The molecule has 1 aliphatic heterocycles. The quantitative estimate of drug-likeness (QED) is 0.922. The molecule has 0 amide bonds. The maximum absolute atomic E-state index is 13.2. The van der Waals surface area contributed by atoms with Crippen LogP contribution in [0.4, 0.5) is 4.39 Å². The van der Waals surface area contributed by atoms with E-state index < -0.39 is 0 Å². The van der Waals surface area contributed by atoms with Crippen molar-refractivity contribution in [3.63, 3.8) is 0 Å². The SMILES string of the molecule is CCC1(C)CNCCN1Cc1ccc(F)c(Br)c1. The Morgan fingerprint density at radius 3 is 2.94 bits per heavy atom. The van der Waals surface area contributed by atoms with Crippen LogP contribution in [0, 0.1) is 5.82 Å². The average Bonchev–Trinajstić information content (AvgIpc) is 2.37. The molecule has 18 heavy (non-hydrogen) atoms. The summed E-state index contributed by atoms with van der Waals surface area (Å²) in [5.41, 5.74) is 1.35. The lowest BCUT2D eigenvalue weighted by Gasteiger charge is -2.45. The van der Waals surface area contributed by atoms with Gasteiger partial charge in [-0.15, -0.1) is 0 Å². The van der Waals surface area contributed by atoms with Crippen LogP contribution in [0.2, 0.25) is 0 Å². The van der Waals surface area contributed by atoms with Gasteiger partial charge in [0.25, 0.3) is 0 Å². The Labute approximate surface area is 117 Å². The summed E-state index contributed by atoms with van der Waals surface area (Å²) in [5, 5.41) is 3.45. The first-order valence-corrected chi connectivity index (χ1v) is 7.24. The Morgan fingerprint density at radius 1 is 1.50 bits per heavy atom. The fourth-order valence-electron chi connectivity index (χ4n) is 2.43. The summed E-state index contributed by atoms with van der Waals surface area (Å²) in [6, 6.07) is 5.29. The van der Waals surface area contributed by atoms with E-state index in [4.69, 9.17) is 0 Å². The summed E-state index contributed by atoms with van der Waals surface area (Å²) in [6.07, 6.45) is 1.11. The molecule has 1 aliphatic rings. The molecule has 0 aromatic heterocycles. The fourth-order valence-corrected chi connectivity index (χ4v) is 2.86. The molecular formula is C14H20BrFN2. The van der Waals surface area contributed by atoms with E-state index in [1.54, 1.807) is 0 Å². The zero-order chi connectivity index (χ0) is 13.2. The normalized spacial score (nSPS) is 25.3. The monoisotopic (exact) mass is 314 g/mol. The molecule has 0 saturated carbocycles. The number of hydrogen-bond acceptors (Lipinski definition) is 2. The Kier molecular flexibility index (Phi) is 4.41. The molecule has 4 heteroatoms. The van der Waals surface area contributed by atoms with E-state index in [1.165, 1.54) is 6.07 Å². The van der Waals surface area contributed by atoms with Gasteiger partial charge in [0, 0.05) is 31.7 Å². The van der Waals surface area contributed by atoms with Gasteiger partial charge in [-0.05, 0) is 47.0 Å². The van der Waals surface area contributed by atoms with Crippen molar-refractivity contribution in [2.24, 2.45) is 0 Å². The second-order valence-electron chi connectivity index (χ2n) is 5.20. The lowest BCUT2D eigenvalue weighted by molar-refractivity contribution is 0.0637. The highest BCUT2D eigenvalue weighted by atomic mass is 79.9. The Bertz CT molecular complexity index is 424. The van der Waals surface area contributed by atoms with Crippen molar-refractivity contribution in [3.05, 3.63) is 34.1 Å². The highest BCUT2D eigenvalue weighted by Crippen LogP contribution is 2.25. The fraction of sp³-hybridized carbons (Fsp3) is 0.571. The van der Waals surface area contributed by atoms with Crippen LogP contribution >= 0.6 is 15.9 Å². The predicted octanol–water partition coefficient (Wildman–Crippen LogP) is 3.16. The average molecular weight is 315 g/mol. The number of benzene rings is 1. The lowest BCUT2D eigenvalue weighted by atomic mass is 9.93. The third-order valence-electron chi connectivity index (χ3n) is 3.95. The van der Waals surface area contributed by atoms with Gasteiger partial charge in [0.2, 0.25) is 0 Å². The van der Waals surface area contributed by atoms with Gasteiger partial charge in [-0.1, -0.05) is 13.0 Å². The van der Waals surface area contributed by atoms with E-state index in [0.29, 0.717) is 4.47 Å². The number of rotatable bonds is 3. The first-order chi connectivity index (χ1) is 8.55. The van der Waals surface area contributed by atoms with Crippen LogP contribution in [-0.4, -0.2) is 30.1 Å². The third kappa shape index (κ3) is 2.92. The maximum atomic E-state index is 13.2. The van der Waals surface area contributed by atoms with Gasteiger partial charge in [-0.25, -0.2) is 4.39 Å². The lowest BCUT2D eigenvalue weighted by Crippen LogP contribution is -2.58. The minimum atomic E-state index is -0.197. The van der Waals surface area contributed by atoms with Crippen molar-refractivity contribution in [2.75, 3.05) is 19.6 Å². The highest BCUT2D eigenvalue weighted by molar-refractivity contribution is 9.10. The standard InChI is InChI=1S/C14H20BrFN2/c1-3-14(2)10-17-6-7-18(14)9-11-4-5-13(16)12(15)8-11/h4-5,8,17H,3,6-7,9-10H2,1-2H3. The number of nitrogens with zero attached hydrogens (tertiary/aromatic N) is 1. The molecule has 1 unspecified atom stereocenters. The van der Waals surface area contributed by atoms with Crippen molar-refractivity contribution >= 4 is 15.9 Å². The highest BCUT2D eigenvalue weighted by Gasteiger charge is 2.32. The largest absolute Gasteiger partial charge is 0.314 e. The third-order valence-corrected chi connectivity index (χ3v) is 4.55. The summed E-state index contributed by atoms with van der Waals surface area (Å²) >= 11 is 3.25. The molecule has 0 bridgehead atoms. The Hall–Kier alpha value is -0.450. The number of halogens is 2. The van der Waals surface area contributed by atoms with Crippen LogP contribution in [0.5, 0.6) is 0 Å².